The van der Waals surface area contributed by atoms with Gasteiger partial charge in [-0.3, -0.25) is 0 Å². The number of aromatic nitrogens is 1. The molecule has 0 aliphatic rings. The second-order valence-corrected chi connectivity index (χ2v) is 10.1. The fourth-order valence-corrected chi connectivity index (χ4v) is 5.74. The van der Waals surface area contributed by atoms with E-state index in [1.54, 1.807) is 0 Å². The summed E-state index contributed by atoms with van der Waals surface area (Å²) in [5.74, 6) is 0. The van der Waals surface area contributed by atoms with Crippen LogP contribution in [0.15, 0.2) is 115 Å². The predicted molar refractivity (Wildman–Crippen MR) is 161 cm³/mol. The summed E-state index contributed by atoms with van der Waals surface area (Å²) >= 11 is 0. The third-order valence-electron chi connectivity index (χ3n) is 7.31. The van der Waals surface area contributed by atoms with Crippen molar-refractivity contribution < 1.29 is 17.5 Å². The SMILES string of the molecule is Cc1cc(C)c2c(c1)c(-c1ccccc1)c(-c1ccccc1)n2CC(O)CNc1cccc2ccccc12.[Cl-]. The van der Waals surface area contributed by atoms with Gasteiger partial charge in [-0.1, -0.05) is 109 Å². The Morgan fingerprint density at radius 3 is 2.10 bits per heavy atom. The van der Waals surface area contributed by atoms with E-state index >= 15 is 0 Å². The summed E-state index contributed by atoms with van der Waals surface area (Å²) in [6.45, 7) is 5.27. The molecular formula is C35H32ClN2O-. The normalized spacial score (nSPS) is 11.9. The minimum Gasteiger partial charge on any atom is -1.00 e. The zero-order valence-corrected chi connectivity index (χ0v) is 23.0. The number of rotatable bonds is 7. The first-order chi connectivity index (χ1) is 18.6. The van der Waals surface area contributed by atoms with Crippen LogP contribution in [0.1, 0.15) is 11.1 Å². The molecule has 0 radical (unpaired) electrons. The number of aliphatic hydroxyl groups excluding tert-OH is 1. The maximum Gasteiger partial charge on any atom is 0.0891 e. The predicted octanol–water partition coefficient (Wildman–Crippen LogP) is 5.22. The fraction of sp³-hybridized carbons (Fsp3) is 0.143. The van der Waals surface area contributed by atoms with Crippen LogP contribution in [0, 0.1) is 13.8 Å². The van der Waals surface area contributed by atoms with Crippen LogP contribution < -0.4 is 17.7 Å². The minimum absolute atomic E-state index is 0. The zero-order valence-electron chi connectivity index (χ0n) is 22.2. The van der Waals surface area contributed by atoms with Gasteiger partial charge in [0.1, 0.15) is 0 Å². The third-order valence-corrected chi connectivity index (χ3v) is 7.31. The van der Waals surface area contributed by atoms with E-state index in [0.717, 1.165) is 22.3 Å². The Balaban J connectivity index is 0.00000308. The van der Waals surface area contributed by atoms with Crippen LogP contribution in [-0.4, -0.2) is 22.3 Å². The molecule has 6 rings (SSSR count). The van der Waals surface area contributed by atoms with Gasteiger partial charge >= 0.3 is 0 Å². The molecule has 1 atom stereocenters. The third kappa shape index (κ3) is 5.16. The lowest BCUT2D eigenvalue weighted by molar-refractivity contribution is -0.00000949. The van der Waals surface area contributed by atoms with Gasteiger partial charge in [-0.15, -0.1) is 0 Å². The van der Waals surface area contributed by atoms with Crippen molar-refractivity contribution in [2.45, 2.75) is 26.5 Å². The molecule has 5 aromatic carbocycles. The topological polar surface area (TPSA) is 37.2 Å². The number of fused-ring (bicyclic) bond motifs is 2. The van der Waals surface area contributed by atoms with Gasteiger partial charge in [-0.25, -0.2) is 0 Å². The number of benzene rings is 5. The Morgan fingerprint density at radius 1 is 0.718 bits per heavy atom. The van der Waals surface area contributed by atoms with Crippen molar-refractivity contribution in [1.82, 2.24) is 4.57 Å². The first kappa shape index (κ1) is 26.6. The molecule has 0 spiro atoms. The fourth-order valence-electron chi connectivity index (χ4n) is 5.74. The van der Waals surface area contributed by atoms with Gasteiger partial charge < -0.3 is 27.4 Å². The monoisotopic (exact) mass is 531 g/mol. The number of aliphatic hydroxyl groups is 1. The lowest BCUT2D eigenvalue weighted by atomic mass is 9.97. The van der Waals surface area contributed by atoms with Crippen LogP contribution in [0.3, 0.4) is 0 Å². The number of hydrogen-bond acceptors (Lipinski definition) is 2. The van der Waals surface area contributed by atoms with Gasteiger partial charge in [0, 0.05) is 28.6 Å². The van der Waals surface area contributed by atoms with E-state index in [1.165, 1.54) is 38.5 Å². The summed E-state index contributed by atoms with van der Waals surface area (Å²) in [6.07, 6.45) is -0.587. The first-order valence-corrected chi connectivity index (χ1v) is 13.2. The summed E-state index contributed by atoms with van der Waals surface area (Å²) in [6, 6.07) is 40.3. The molecule has 1 heterocycles. The first-order valence-electron chi connectivity index (χ1n) is 13.2. The second-order valence-electron chi connectivity index (χ2n) is 10.1. The molecular weight excluding hydrogens is 500 g/mol. The Hall–Kier alpha value is -4.05. The van der Waals surface area contributed by atoms with Gasteiger partial charge in [0.25, 0.3) is 0 Å². The van der Waals surface area contributed by atoms with E-state index < -0.39 is 6.10 Å². The van der Waals surface area contributed by atoms with Gasteiger partial charge in [0.05, 0.1) is 23.9 Å². The molecule has 0 fully saturated rings. The van der Waals surface area contributed by atoms with Crippen LogP contribution in [0.5, 0.6) is 0 Å². The zero-order chi connectivity index (χ0) is 26.1. The molecule has 6 aromatic rings. The van der Waals surface area contributed by atoms with E-state index in [4.69, 9.17) is 0 Å². The van der Waals surface area contributed by atoms with E-state index in [0.29, 0.717) is 13.1 Å². The largest absolute Gasteiger partial charge is 1.00 e. The number of nitrogens with one attached hydrogen (secondary N) is 1. The summed E-state index contributed by atoms with van der Waals surface area (Å²) in [5, 5.41) is 18.5. The van der Waals surface area contributed by atoms with E-state index in [1.807, 2.05) is 0 Å². The summed E-state index contributed by atoms with van der Waals surface area (Å²) in [4.78, 5) is 0. The van der Waals surface area contributed by atoms with Crippen LogP contribution in [0.4, 0.5) is 5.69 Å². The van der Waals surface area contributed by atoms with Crippen molar-refractivity contribution >= 4 is 27.4 Å². The molecule has 3 nitrogen and oxygen atoms in total. The highest BCUT2D eigenvalue weighted by atomic mass is 35.5. The van der Waals surface area contributed by atoms with Crippen molar-refractivity contribution in [2.75, 3.05) is 11.9 Å². The van der Waals surface area contributed by atoms with Gasteiger partial charge in [-0.2, -0.15) is 0 Å². The van der Waals surface area contributed by atoms with Gasteiger partial charge in [-0.05, 0) is 48.1 Å². The number of nitrogens with zero attached hydrogens (tertiary/aromatic N) is 1. The van der Waals surface area contributed by atoms with E-state index in [2.05, 4.69) is 139 Å². The van der Waals surface area contributed by atoms with Crippen molar-refractivity contribution in [1.29, 1.82) is 0 Å². The maximum atomic E-state index is 11.4. The maximum absolute atomic E-state index is 11.4. The molecule has 0 aliphatic heterocycles. The van der Waals surface area contributed by atoms with Crippen LogP contribution in [-0.2, 0) is 6.54 Å². The molecule has 39 heavy (non-hydrogen) atoms. The molecule has 196 valence electrons. The molecule has 0 amide bonds. The molecule has 0 aliphatic carbocycles. The highest BCUT2D eigenvalue weighted by Crippen LogP contribution is 2.42. The van der Waals surface area contributed by atoms with Crippen LogP contribution in [0.25, 0.3) is 44.1 Å². The molecule has 4 heteroatoms. The summed E-state index contributed by atoms with van der Waals surface area (Å²) < 4.78 is 2.33. The average Bonchev–Trinajstić information content (AvgIpc) is 3.26. The van der Waals surface area contributed by atoms with Crippen molar-refractivity contribution in [3.63, 3.8) is 0 Å². The number of aryl methyl sites for hydroxylation is 2. The number of halogens is 1. The highest BCUT2D eigenvalue weighted by Gasteiger charge is 2.23. The van der Waals surface area contributed by atoms with Gasteiger partial charge in [0.2, 0.25) is 0 Å². The highest BCUT2D eigenvalue weighted by molar-refractivity contribution is 6.06. The molecule has 0 saturated carbocycles. The summed E-state index contributed by atoms with van der Waals surface area (Å²) in [5.41, 5.74) is 9.36. The Labute approximate surface area is 236 Å². The molecule has 1 unspecified atom stereocenters. The van der Waals surface area contributed by atoms with E-state index in [-0.39, 0.29) is 12.4 Å². The van der Waals surface area contributed by atoms with Crippen molar-refractivity contribution in [2.24, 2.45) is 0 Å². The Kier molecular flexibility index (Phi) is 7.74. The van der Waals surface area contributed by atoms with Gasteiger partial charge in [0.15, 0.2) is 0 Å². The lowest BCUT2D eigenvalue weighted by Crippen LogP contribution is -3.00. The number of anilines is 1. The lowest BCUT2D eigenvalue weighted by Gasteiger charge is -2.19. The summed E-state index contributed by atoms with van der Waals surface area (Å²) in [7, 11) is 0. The quantitative estimate of drug-likeness (QED) is 0.296. The molecule has 0 bridgehead atoms. The minimum atomic E-state index is -0.587. The second kappa shape index (κ2) is 11.4. The Bertz CT molecular complexity index is 1720. The smallest absolute Gasteiger partial charge is 0.0891 e. The average molecular weight is 532 g/mol. The van der Waals surface area contributed by atoms with Crippen molar-refractivity contribution in [3.8, 4) is 22.4 Å². The van der Waals surface area contributed by atoms with Crippen LogP contribution >= 0.6 is 0 Å². The Morgan fingerprint density at radius 2 is 1.36 bits per heavy atom. The molecule has 0 saturated heterocycles. The standard InChI is InChI=1S/C35H32N2O.ClH/c1-24-20-25(2)34-31(21-24)33(27-13-5-3-6-14-27)35(28-15-7-4-8-16-28)37(34)23-29(38)22-36-32-19-11-17-26-12-9-10-18-30(26)32;/h3-21,29,36,38H,22-23H2,1-2H3;1H/p-1. The number of hydrogen-bond donors (Lipinski definition) is 2. The van der Waals surface area contributed by atoms with Crippen molar-refractivity contribution in [3.05, 3.63) is 126 Å². The van der Waals surface area contributed by atoms with Crippen LogP contribution in [0.2, 0.25) is 0 Å². The molecule has 1 aromatic heterocycles. The van der Waals surface area contributed by atoms with E-state index in [9.17, 15) is 5.11 Å². The molecule has 2 N–H and O–H groups in total.